The molecule has 1 amide bonds. The predicted molar refractivity (Wildman–Crippen MR) is 125 cm³/mol. The Labute approximate surface area is 187 Å². The second-order valence-corrected chi connectivity index (χ2v) is 7.80. The van der Waals surface area contributed by atoms with E-state index < -0.39 is 0 Å². The highest BCUT2D eigenvalue weighted by atomic mass is 16.5. The molecule has 0 spiro atoms. The normalized spacial score (nSPS) is 15.2. The van der Waals surface area contributed by atoms with Gasteiger partial charge in [0.15, 0.2) is 12.9 Å². The smallest absolute Gasteiger partial charge is 0.281 e. The number of aldehydes is 1. The monoisotopic (exact) mass is 427 g/mol. The summed E-state index contributed by atoms with van der Waals surface area (Å²) in [5.41, 5.74) is 4.35. The Hall–Kier alpha value is -3.93. The van der Waals surface area contributed by atoms with Gasteiger partial charge in [-0.25, -0.2) is 5.01 Å². The van der Waals surface area contributed by atoms with Crippen LogP contribution < -0.4 is 9.64 Å². The Balaban J connectivity index is 1.59. The van der Waals surface area contributed by atoms with Crippen LogP contribution in [0.2, 0.25) is 0 Å². The van der Waals surface area contributed by atoms with Gasteiger partial charge in [0, 0.05) is 26.2 Å². The van der Waals surface area contributed by atoms with E-state index in [0.29, 0.717) is 17.7 Å². The third kappa shape index (κ3) is 4.54. The Morgan fingerprint density at radius 1 is 1.03 bits per heavy atom. The van der Waals surface area contributed by atoms with Crippen molar-refractivity contribution in [2.75, 3.05) is 25.6 Å². The first kappa shape index (κ1) is 21.3. The molecule has 0 bridgehead atoms. The SMILES string of the molecule is CN(C)c1ccc(C2CC(c3ccccc3)=NN2C(=O)COc2ccccc2C=O)cc1. The van der Waals surface area contributed by atoms with Crippen molar-refractivity contribution in [3.05, 3.63) is 95.6 Å². The molecular weight excluding hydrogens is 402 g/mol. The van der Waals surface area contributed by atoms with Crippen molar-refractivity contribution >= 4 is 23.6 Å². The molecule has 1 aliphatic heterocycles. The molecule has 6 nitrogen and oxygen atoms in total. The lowest BCUT2D eigenvalue weighted by Crippen LogP contribution is -2.31. The molecule has 0 saturated heterocycles. The second-order valence-electron chi connectivity index (χ2n) is 7.80. The number of rotatable bonds is 7. The Morgan fingerprint density at radius 2 is 1.72 bits per heavy atom. The maximum absolute atomic E-state index is 13.2. The molecule has 1 unspecified atom stereocenters. The van der Waals surface area contributed by atoms with Crippen LogP contribution in [0.15, 0.2) is 84.0 Å². The zero-order valence-electron chi connectivity index (χ0n) is 18.1. The first-order chi connectivity index (χ1) is 15.6. The molecule has 0 radical (unpaired) electrons. The zero-order valence-corrected chi connectivity index (χ0v) is 18.1. The number of nitrogens with zero attached hydrogens (tertiary/aromatic N) is 3. The highest BCUT2D eigenvalue weighted by Gasteiger charge is 2.33. The molecule has 1 heterocycles. The van der Waals surface area contributed by atoms with Crippen molar-refractivity contribution in [2.45, 2.75) is 12.5 Å². The van der Waals surface area contributed by atoms with Crippen LogP contribution in [0, 0.1) is 0 Å². The summed E-state index contributed by atoms with van der Waals surface area (Å²) in [5.74, 6) is 0.118. The molecule has 3 aromatic rings. The molecular formula is C26H25N3O3. The van der Waals surface area contributed by atoms with E-state index in [1.807, 2.05) is 73.6 Å². The molecule has 1 atom stereocenters. The minimum absolute atomic E-state index is 0.206. The van der Waals surface area contributed by atoms with Crippen LogP contribution in [-0.4, -0.2) is 43.6 Å². The number of benzene rings is 3. The largest absolute Gasteiger partial charge is 0.483 e. The number of hydrogen-bond donors (Lipinski definition) is 0. The van der Waals surface area contributed by atoms with Gasteiger partial charge in [-0.05, 0) is 35.4 Å². The lowest BCUT2D eigenvalue weighted by Gasteiger charge is -2.23. The lowest BCUT2D eigenvalue weighted by molar-refractivity contribution is -0.135. The van der Waals surface area contributed by atoms with Crippen LogP contribution in [0.25, 0.3) is 0 Å². The third-order valence-electron chi connectivity index (χ3n) is 5.46. The summed E-state index contributed by atoms with van der Waals surface area (Å²) >= 11 is 0. The van der Waals surface area contributed by atoms with E-state index in [1.165, 1.54) is 5.01 Å². The van der Waals surface area contributed by atoms with Crippen molar-refractivity contribution < 1.29 is 14.3 Å². The fraction of sp³-hybridized carbons (Fsp3) is 0.192. The van der Waals surface area contributed by atoms with Gasteiger partial charge in [-0.2, -0.15) is 5.10 Å². The van der Waals surface area contributed by atoms with E-state index >= 15 is 0 Å². The first-order valence-electron chi connectivity index (χ1n) is 10.5. The van der Waals surface area contributed by atoms with Crippen molar-refractivity contribution in [2.24, 2.45) is 5.10 Å². The van der Waals surface area contributed by atoms with Gasteiger partial charge in [0.1, 0.15) is 5.75 Å². The predicted octanol–water partition coefficient (Wildman–Crippen LogP) is 4.32. The third-order valence-corrected chi connectivity index (χ3v) is 5.46. The minimum Gasteiger partial charge on any atom is -0.483 e. The van der Waals surface area contributed by atoms with E-state index in [-0.39, 0.29) is 18.6 Å². The molecule has 0 saturated carbocycles. The number of ether oxygens (including phenoxy) is 1. The number of para-hydroxylation sites is 1. The van der Waals surface area contributed by atoms with Crippen LogP contribution in [0.1, 0.15) is 33.9 Å². The number of hydrogen-bond acceptors (Lipinski definition) is 5. The van der Waals surface area contributed by atoms with Gasteiger partial charge in [-0.15, -0.1) is 0 Å². The Morgan fingerprint density at radius 3 is 2.41 bits per heavy atom. The van der Waals surface area contributed by atoms with Crippen molar-refractivity contribution in [1.82, 2.24) is 5.01 Å². The summed E-state index contributed by atoms with van der Waals surface area (Å²) < 4.78 is 5.68. The second kappa shape index (κ2) is 9.47. The van der Waals surface area contributed by atoms with Crippen molar-refractivity contribution in [1.29, 1.82) is 0 Å². The van der Waals surface area contributed by atoms with Crippen LogP contribution in [0.3, 0.4) is 0 Å². The van der Waals surface area contributed by atoms with Crippen molar-refractivity contribution in [3.8, 4) is 5.75 Å². The molecule has 0 N–H and O–H groups in total. The number of anilines is 1. The average Bonchev–Trinajstić information content (AvgIpc) is 3.29. The summed E-state index contributed by atoms with van der Waals surface area (Å²) in [7, 11) is 3.98. The molecule has 1 aliphatic rings. The zero-order chi connectivity index (χ0) is 22.5. The quantitative estimate of drug-likeness (QED) is 0.527. The van der Waals surface area contributed by atoms with E-state index in [1.54, 1.807) is 24.3 Å². The molecule has 6 heteroatoms. The Kier molecular flexibility index (Phi) is 6.31. The molecule has 4 rings (SSSR count). The number of carbonyl (C=O) groups is 2. The van der Waals surface area contributed by atoms with Crippen LogP contribution in [0.5, 0.6) is 5.75 Å². The topological polar surface area (TPSA) is 62.2 Å². The van der Waals surface area contributed by atoms with Gasteiger partial charge in [0.05, 0.1) is 17.3 Å². The van der Waals surface area contributed by atoms with Gasteiger partial charge in [-0.1, -0.05) is 54.6 Å². The lowest BCUT2D eigenvalue weighted by atomic mass is 9.98. The maximum atomic E-state index is 13.2. The van der Waals surface area contributed by atoms with Gasteiger partial charge >= 0.3 is 0 Å². The minimum atomic E-state index is -0.265. The van der Waals surface area contributed by atoms with Gasteiger partial charge in [0.25, 0.3) is 5.91 Å². The van der Waals surface area contributed by atoms with Gasteiger partial charge in [0.2, 0.25) is 0 Å². The molecule has 0 aliphatic carbocycles. The number of hydrazone groups is 1. The van der Waals surface area contributed by atoms with Crippen LogP contribution in [-0.2, 0) is 4.79 Å². The first-order valence-corrected chi connectivity index (χ1v) is 10.5. The van der Waals surface area contributed by atoms with Gasteiger partial charge < -0.3 is 9.64 Å². The summed E-state index contributed by atoms with van der Waals surface area (Å²) in [4.78, 5) is 26.4. The summed E-state index contributed by atoms with van der Waals surface area (Å²) in [6.07, 6.45) is 1.33. The molecule has 3 aromatic carbocycles. The number of amides is 1. The van der Waals surface area contributed by atoms with Gasteiger partial charge in [-0.3, -0.25) is 9.59 Å². The Bertz CT molecular complexity index is 1120. The standard InChI is InChI=1S/C26H25N3O3/c1-28(2)22-14-12-20(13-15-22)24-16-23(19-8-4-3-5-9-19)27-29(24)26(31)18-32-25-11-7-6-10-21(25)17-30/h3-15,17,24H,16,18H2,1-2H3. The van der Waals surface area contributed by atoms with Crippen LogP contribution >= 0.6 is 0 Å². The summed E-state index contributed by atoms with van der Waals surface area (Å²) in [5, 5.41) is 6.18. The van der Waals surface area contributed by atoms with E-state index in [2.05, 4.69) is 5.10 Å². The van der Waals surface area contributed by atoms with Crippen molar-refractivity contribution in [3.63, 3.8) is 0 Å². The molecule has 162 valence electrons. The fourth-order valence-corrected chi connectivity index (χ4v) is 3.71. The van der Waals surface area contributed by atoms with E-state index in [4.69, 9.17) is 4.74 Å². The molecule has 0 fully saturated rings. The maximum Gasteiger partial charge on any atom is 0.281 e. The summed E-state index contributed by atoms with van der Waals surface area (Å²) in [6.45, 7) is -0.206. The highest BCUT2D eigenvalue weighted by molar-refractivity contribution is 6.03. The van der Waals surface area contributed by atoms with E-state index in [0.717, 1.165) is 28.8 Å². The van der Waals surface area contributed by atoms with E-state index in [9.17, 15) is 9.59 Å². The molecule has 32 heavy (non-hydrogen) atoms. The average molecular weight is 428 g/mol. The summed E-state index contributed by atoms with van der Waals surface area (Å²) in [6, 6.07) is 24.6. The fourth-order valence-electron chi connectivity index (χ4n) is 3.71. The number of carbonyl (C=O) groups excluding carboxylic acids is 2. The van der Waals surface area contributed by atoms with Crippen LogP contribution in [0.4, 0.5) is 5.69 Å². The molecule has 0 aromatic heterocycles. The highest BCUT2D eigenvalue weighted by Crippen LogP contribution is 2.33.